The third-order valence-electron chi connectivity index (χ3n) is 10.9. The summed E-state index contributed by atoms with van der Waals surface area (Å²) in [4.78, 5) is 26.0. The minimum Gasteiger partial charge on any atom is -0.462 e. The Bertz CT molecular complexity index is 930. The van der Waals surface area contributed by atoms with Crippen molar-refractivity contribution in [3.05, 3.63) is 36.5 Å². The summed E-state index contributed by atoms with van der Waals surface area (Å²) in [5.41, 5.74) is 0. The standard InChI is InChI=1S/C50H93NO5/c1-4-7-10-13-16-19-22-23-24-25-26-27-28-31-34-37-40-43-50(55)56-46(41-38-35-32-29-20-17-14-11-8-5-2)44-49(54)51-47(45-52)48(53)42-39-36-33-30-21-18-15-12-9-6-3/h16-17,19-20,23-24,46-48,52-53H,4-15,18,21-22,25-45H2,1-3H3,(H,51,54)/b19-16-,20-17-,24-23-. The van der Waals surface area contributed by atoms with Crippen LogP contribution >= 0.6 is 0 Å². The average molecular weight is 788 g/mol. The normalized spacial score (nSPS) is 13.6. The molecule has 0 saturated heterocycles. The van der Waals surface area contributed by atoms with Crippen LogP contribution < -0.4 is 5.32 Å². The van der Waals surface area contributed by atoms with E-state index >= 15 is 0 Å². The summed E-state index contributed by atoms with van der Waals surface area (Å²) >= 11 is 0. The number of carbonyl (C=O) groups is 2. The number of nitrogens with one attached hydrogen (secondary N) is 1. The van der Waals surface area contributed by atoms with Gasteiger partial charge in [0.05, 0.1) is 25.2 Å². The van der Waals surface area contributed by atoms with Crippen molar-refractivity contribution in [3.63, 3.8) is 0 Å². The number of rotatable bonds is 43. The van der Waals surface area contributed by atoms with E-state index in [-0.39, 0.29) is 24.9 Å². The maximum Gasteiger partial charge on any atom is 0.306 e. The minimum absolute atomic E-state index is 0.0650. The van der Waals surface area contributed by atoms with Crippen molar-refractivity contribution in [1.29, 1.82) is 0 Å². The molecule has 0 aromatic carbocycles. The molecular formula is C50H93NO5. The number of esters is 1. The third kappa shape index (κ3) is 38.9. The van der Waals surface area contributed by atoms with Crippen molar-refractivity contribution >= 4 is 11.9 Å². The first-order valence-corrected chi connectivity index (χ1v) is 24.2. The Morgan fingerprint density at radius 2 is 0.911 bits per heavy atom. The molecule has 0 aromatic heterocycles. The third-order valence-corrected chi connectivity index (χ3v) is 10.9. The molecule has 0 radical (unpaired) electrons. The van der Waals surface area contributed by atoms with Gasteiger partial charge in [0.25, 0.3) is 0 Å². The van der Waals surface area contributed by atoms with Gasteiger partial charge in [-0.15, -0.1) is 0 Å². The predicted octanol–water partition coefficient (Wildman–Crippen LogP) is 14.1. The molecule has 0 heterocycles. The number of amides is 1. The van der Waals surface area contributed by atoms with Gasteiger partial charge in [0, 0.05) is 6.42 Å². The fourth-order valence-electron chi connectivity index (χ4n) is 7.22. The van der Waals surface area contributed by atoms with Crippen molar-refractivity contribution in [1.82, 2.24) is 5.32 Å². The Kier molecular flexibility index (Phi) is 42.7. The number of hydrogen-bond acceptors (Lipinski definition) is 5. The predicted molar refractivity (Wildman–Crippen MR) is 241 cm³/mol. The molecule has 0 aliphatic rings. The largest absolute Gasteiger partial charge is 0.462 e. The maximum atomic E-state index is 13.1. The van der Waals surface area contributed by atoms with Crippen LogP contribution in [-0.2, 0) is 14.3 Å². The smallest absolute Gasteiger partial charge is 0.306 e. The molecule has 56 heavy (non-hydrogen) atoms. The SMILES string of the molecule is CCCCC/C=C\C/C=C\CCCCCCCCCC(=O)OC(CCCCC/C=C\CCCCC)CC(=O)NC(CO)C(O)CCCCCCCCCCCC. The van der Waals surface area contributed by atoms with Crippen LogP contribution in [0.15, 0.2) is 36.5 Å². The Labute approximate surface area is 347 Å². The number of carbonyl (C=O) groups excluding carboxylic acids is 2. The number of unbranched alkanes of at least 4 members (excludes halogenated alkanes) is 25. The molecule has 0 fully saturated rings. The molecule has 0 aliphatic heterocycles. The highest BCUT2D eigenvalue weighted by Crippen LogP contribution is 2.17. The number of aliphatic hydroxyl groups excluding tert-OH is 2. The van der Waals surface area contributed by atoms with Crippen LogP contribution in [0, 0.1) is 0 Å². The summed E-state index contributed by atoms with van der Waals surface area (Å²) in [6.07, 6.45) is 50.6. The van der Waals surface area contributed by atoms with E-state index in [1.165, 1.54) is 116 Å². The molecule has 3 N–H and O–H groups in total. The second kappa shape index (κ2) is 44.2. The van der Waals surface area contributed by atoms with Gasteiger partial charge in [0.2, 0.25) is 5.91 Å². The zero-order valence-corrected chi connectivity index (χ0v) is 37.3. The fraction of sp³-hybridized carbons (Fsp3) is 0.840. The topological polar surface area (TPSA) is 95.9 Å². The van der Waals surface area contributed by atoms with Gasteiger partial charge in [-0.25, -0.2) is 0 Å². The summed E-state index contributed by atoms with van der Waals surface area (Å²) in [6.45, 7) is 6.41. The molecule has 0 rings (SSSR count). The lowest BCUT2D eigenvalue weighted by atomic mass is 10.0. The first kappa shape index (κ1) is 54.1. The van der Waals surface area contributed by atoms with Crippen LogP contribution in [0.5, 0.6) is 0 Å². The summed E-state index contributed by atoms with van der Waals surface area (Å²) in [5, 5.41) is 23.6. The molecule has 0 spiro atoms. The van der Waals surface area contributed by atoms with Crippen LogP contribution in [-0.4, -0.2) is 46.9 Å². The number of aliphatic hydroxyl groups is 2. The average Bonchev–Trinajstić information content (AvgIpc) is 3.19. The lowest BCUT2D eigenvalue weighted by Gasteiger charge is -2.24. The molecule has 1 amide bonds. The zero-order chi connectivity index (χ0) is 41.0. The molecule has 0 saturated carbocycles. The highest BCUT2D eigenvalue weighted by atomic mass is 16.5. The molecule has 6 nitrogen and oxygen atoms in total. The van der Waals surface area contributed by atoms with E-state index in [9.17, 15) is 19.8 Å². The molecular weight excluding hydrogens is 695 g/mol. The molecule has 0 bridgehead atoms. The molecule has 3 atom stereocenters. The second-order valence-electron chi connectivity index (χ2n) is 16.5. The molecule has 0 aromatic rings. The van der Waals surface area contributed by atoms with Gasteiger partial charge in [0.15, 0.2) is 0 Å². The first-order chi connectivity index (χ1) is 27.5. The van der Waals surface area contributed by atoms with Gasteiger partial charge in [-0.1, -0.05) is 186 Å². The summed E-state index contributed by atoms with van der Waals surface area (Å²) < 4.78 is 5.90. The monoisotopic (exact) mass is 788 g/mol. The lowest BCUT2D eigenvalue weighted by Crippen LogP contribution is -2.46. The first-order valence-electron chi connectivity index (χ1n) is 24.2. The molecule has 328 valence electrons. The summed E-state index contributed by atoms with van der Waals surface area (Å²) in [6, 6.07) is -0.703. The zero-order valence-electron chi connectivity index (χ0n) is 37.3. The van der Waals surface area contributed by atoms with Crippen LogP contribution in [0.4, 0.5) is 0 Å². The second-order valence-corrected chi connectivity index (χ2v) is 16.5. The van der Waals surface area contributed by atoms with Gasteiger partial charge in [-0.2, -0.15) is 0 Å². The van der Waals surface area contributed by atoms with Gasteiger partial charge in [-0.3, -0.25) is 9.59 Å². The summed E-state index contributed by atoms with van der Waals surface area (Å²) in [5.74, 6) is -0.496. The van der Waals surface area contributed by atoms with E-state index in [0.29, 0.717) is 19.3 Å². The molecule has 0 aliphatic carbocycles. The quantitative estimate of drug-likeness (QED) is 0.0325. The van der Waals surface area contributed by atoms with E-state index in [0.717, 1.165) is 83.5 Å². The highest BCUT2D eigenvalue weighted by Gasteiger charge is 2.24. The van der Waals surface area contributed by atoms with Gasteiger partial charge < -0.3 is 20.3 Å². The maximum absolute atomic E-state index is 13.1. The van der Waals surface area contributed by atoms with E-state index in [1.807, 2.05) is 0 Å². The van der Waals surface area contributed by atoms with Gasteiger partial charge >= 0.3 is 5.97 Å². The minimum atomic E-state index is -0.789. The number of allylic oxidation sites excluding steroid dienone is 6. The van der Waals surface area contributed by atoms with Crippen molar-refractivity contribution in [2.75, 3.05) is 6.61 Å². The van der Waals surface area contributed by atoms with Crippen molar-refractivity contribution in [2.45, 2.75) is 264 Å². The van der Waals surface area contributed by atoms with Crippen molar-refractivity contribution < 1.29 is 24.5 Å². The van der Waals surface area contributed by atoms with E-state index in [1.54, 1.807) is 0 Å². The van der Waals surface area contributed by atoms with E-state index < -0.39 is 18.2 Å². The van der Waals surface area contributed by atoms with Crippen LogP contribution in [0.25, 0.3) is 0 Å². The Morgan fingerprint density at radius 1 is 0.518 bits per heavy atom. The molecule has 6 heteroatoms. The van der Waals surface area contributed by atoms with Crippen molar-refractivity contribution in [2.24, 2.45) is 0 Å². The van der Waals surface area contributed by atoms with E-state index in [4.69, 9.17) is 4.74 Å². The molecule has 3 unspecified atom stereocenters. The van der Waals surface area contributed by atoms with Crippen molar-refractivity contribution in [3.8, 4) is 0 Å². The Balaban J connectivity index is 4.52. The fourth-order valence-corrected chi connectivity index (χ4v) is 7.22. The lowest BCUT2D eigenvalue weighted by molar-refractivity contribution is -0.151. The van der Waals surface area contributed by atoms with Gasteiger partial charge in [-0.05, 0) is 83.5 Å². The Hall–Kier alpha value is -1.92. The van der Waals surface area contributed by atoms with Crippen LogP contribution in [0.1, 0.15) is 245 Å². The van der Waals surface area contributed by atoms with Crippen LogP contribution in [0.2, 0.25) is 0 Å². The van der Waals surface area contributed by atoms with Gasteiger partial charge in [0.1, 0.15) is 6.10 Å². The number of ether oxygens (including phenoxy) is 1. The highest BCUT2D eigenvalue weighted by molar-refractivity contribution is 5.77. The number of hydrogen-bond donors (Lipinski definition) is 3. The van der Waals surface area contributed by atoms with E-state index in [2.05, 4.69) is 62.5 Å². The van der Waals surface area contributed by atoms with Crippen LogP contribution in [0.3, 0.4) is 0 Å². The Morgan fingerprint density at radius 3 is 1.43 bits per heavy atom. The summed E-state index contributed by atoms with van der Waals surface area (Å²) in [7, 11) is 0.